The summed E-state index contributed by atoms with van der Waals surface area (Å²) in [5.41, 5.74) is 4.37. The Morgan fingerprint density at radius 1 is 0.935 bits per heavy atom. The standard InChI is InChI=1S/C26H31NO4/c1-30-21-11-13-25(31-2)22(17-21)23-8-5-15-27(23)26(29)14-12-24(28)20-10-9-18-6-3-4-7-19(18)16-20/h9-11,13,16-17,23H,3-8,12,14-15H2,1-2H3. The smallest absolute Gasteiger partial charge is 0.223 e. The summed E-state index contributed by atoms with van der Waals surface area (Å²) in [5.74, 6) is 1.59. The number of ketones is 1. The van der Waals surface area contributed by atoms with Crippen LogP contribution in [0.5, 0.6) is 11.5 Å². The fourth-order valence-corrected chi connectivity index (χ4v) is 4.90. The van der Waals surface area contributed by atoms with Gasteiger partial charge in [0.25, 0.3) is 0 Å². The van der Waals surface area contributed by atoms with Gasteiger partial charge in [-0.05, 0) is 73.9 Å². The Labute approximate surface area is 184 Å². The van der Waals surface area contributed by atoms with E-state index in [0.29, 0.717) is 6.54 Å². The lowest BCUT2D eigenvalue weighted by Gasteiger charge is -2.26. The molecule has 1 unspecified atom stereocenters. The highest BCUT2D eigenvalue weighted by Crippen LogP contribution is 2.39. The molecule has 2 aromatic rings. The number of carbonyl (C=O) groups excluding carboxylic acids is 2. The third-order valence-electron chi connectivity index (χ3n) is 6.61. The molecule has 164 valence electrons. The van der Waals surface area contributed by atoms with E-state index in [2.05, 4.69) is 6.07 Å². The highest BCUT2D eigenvalue weighted by molar-refractivity contribution is 5.98. The fraction of sp³-hybridized carbons (Fsp3) is 0.462. The number of Topliss-reactive ketones (excluding diaryl/α,β-unsaturated/α-hetero) is 1. The third-order valence-corrected chi connectivity index (χ3v) is 6.61. The normalized spacial score (nSPS) is 17.9. The van der Waals surface area contributed by atoms with Crippen LogP contribution in [0.1, 0.15) is 71.6 Å². The van der Waals surface area contributed by atoms with Gasteiger partial charge in [0.15, 0.2) is 5.78 Å². The number of ether oxygens (including phenoxy) is 2. The fourth-order valence-electron chi connectivity index (χ4n) is 4.90. The van der Waals surface area contributed by atoms with Crippen LogP contribution in [0.15, 0.2) is 36.4 Å². The van der Waals surface area contributed by atoms with Crippen molar-refractivity contribution in [3.8, 4) is 11.5 Å². The van der Waals surface area contributed by atoms with Gasteiger partial charge in [-0.2, -0.15) is 0 Å². The minimum absolute atomic E-state index is 0.0266. The Kier molecular flexibility index (Phi) is 6.59. The molecule has 1 fully saturated rings. The van der Waals surface area contributed by atoms with Gasteiger partial charge in [-0.25, -0.2) is 0 Å². The second-order valence-corrected chi connectivity index (χ2v) is 8.47. The van der Waals surface area contributed by atoms with Crippen LogP contribution < -0.4 is 9.47 Å². The van der Waals surface area contributed by atoms with Crippen LogP contribution in [-0.2, 0) is 17.6 Å². The molecule has 0 bridgehead atoms. The van der Waals surface area contributed by atoms with Gasteiger partial charge in [-0.1, -0.05) is 12.1 Å². The average Bonchev–Trinajstić information content (AvgIpc) is 3.31. The molecule has 4 rings (SSSR count). The summed E-state index contributed by atoms with van der Waals surface area (Å²) in [6.45, 7) is 0.705. The van der Waals surface area contributed by atoms with Crippen molar-refractivity contribution in [2.75, 3.05) is 20.8 Å². The van der Waals surface area contributed by atoms with Gasteiger partial charge < -0.3 is 14.4 Å². The van der Waals surface area contributed by atoms with E-state index in [0.717, 1.165) is 48.3 Å². The Balaban J connectivity index is 1.43. The summed E-state index contributed by atoms with van der Waals surface area (Å²) in [7, 11) is 3.28. The zero-order valence-electron chi connectivity index (χ0n) is 18.5. The molecule has 0 N–H and O–H groups in total. The summed E-state index contributed by atoms with van der Waals surface area (Å²) >= 11 is 0. The second-order valence-electron chi connectivity index (χ2n) is 8.47. The van der Waals surface area contributed by atoms with Crippen LogP contribution >= 0.6 is 0 Å². The number of likely N-dealkylation sites (tertiary alicyclic amines) is 1. The first-order valence-electron chi connectivity index (χ1n) is 11.3. The van der Waals surface area contributed by atoms with Crippen molar-refractivity contribution in [1.29, 1.82) is 0 Å². The third kappa shape index (κ3) is 4.60. The van der Waals surface area contributed by atoms with Crippen LogP contribution in [0.4, 0.5) is 0 Å². The summed E-state index contributed by atoms with van der Waals surface area (Å²) in [6.07, 6.45) is 6.87. The highest BCUT2D eigenvalue weighted by atomic mass is 16.5. The molecule has 1 amide bonds. The Morgan fingerprint density at radius 2 is 1.74 bits per heavy atom. The summed E-state index contributed by atoms with van der Waals surface area (Å²) in [4.78, 5) is 27.7. The zero-order chi connectivity index (χ0) is 21.8. The minimum atomic E-state index is -0.0450. The van der Waals surface area contributed by atoms with Crippen LogP contribution in [-0.4, -0.2) is 37.4 Å². The number of hydrogen-bond acceptors (Lipinski definition) is 4. The maximum absolute atomic E-state index is 13.1. The number of amides is 1. The largest absolute Gasteiger partial charge is 0.497 e. The Morgan fingerprint density at radius 3 is 2.52 bits per heavy atom. The van der Waals surface area contributed by atoms with Crippen molar-refractivity contribution in [2.45, 2.75) is 57.4 Å². The molecular weight excluding hydrogens is 390 g/mol. The molecule has 1 atom stereocenters. The van der Waals surface area contributed by atoms with Crippen LogP contribution in [0.2, 0.25) is 0 Å². The average molecular weight is 422 g/mol. The number of benzene rings is 2. The molecule has 2 aliphatic rings. The predicted octanol–water partition coefficient (Wildman–Crippen LogP) is 4.91. The number of aryl methyl sites for hydroxylation is 2. The second kappa shape index (κ2) is 9.54. The first kappa shape index (κ1) is 21.4. The molecule has 1 heterocycles. The topological polar surface area (TPSA) is 55.8 Å². The van der Waals surface area contributed by atoms with E-state index >= 15 is 0 Å². The molecule has 31 heavy (non-hydrogen) atoms. The van der Waals surface area contributed by atoms with Gasteiger partial charge in [-0.3, -0.25) is 9.59 Å². The van der Waals surface area contributed by atoms with Crippen LogP contribution in [0.25, 0.3) is 0 Å². The molecular formula is C26H31NO4. The molecule has 1 saturated heterocycles. The van der Waals surface area contributed by atoms with E-state index in [4.69, 9.17) is 9.47 Å². The maximum atomic E-state index is 13.1. The van der Waals surface area contributed by atoms with E-state index in [9.17, 15) is 9.59 Å². The van der Waals surface area contributed by atoms with E-state index in [1.807, 2.05) is 35.2 Å². The van der Waals surface area contributed by atoms with E-state index in [-0.39, 0.29) is 30.6 Å². The van der Waals surface area contributed by atoms with Crippen molar-refractivity contribution in [3.05, 3.63) is 58.7 Å². The van der Waals surface area contributed by atoms with Crippen molar-refractivity contribution in [3.63, 3.8) is 0 Å². The first-order valence-corrected chi connectivity index (χ1v) is 11.3. The molecule has 0 aromatic heterocycles. The van der Waals surface area contributed by atoms with Crippen molar-refractivity contribution in [1.82, 2.24) is 4.90 Å². The molecule has 5 nitrogen and oxygen atoms in total. The number of hydrogen-bond donors (Lipinski definition) is 0. The lowest BCUT2D eigenvalue weighted by atomic mass is 9.89. The SMILES string of the molecule is COc1ccc(OC)c(C2CCCN2C(=O)CCC(=O)c2ccc3c(c2)CCCC3)c1. The maximum Gasteiger partial charge on any atom is 0.223 e. The Hall–Kier alpha value is -2.82. The lowest BCUT2D eigenvalue weighted by molar-refractivity contribution is -0.132. The summed E-state index contributed by atoms with van der Waals surface area (Å²) in [6, 6.07) is 11.7. The monoisotopic (exact) mass is 421 g/mol. The quantitative estimate of drug-likeness (QED) is 0.596. The van der Waals surface area contributed by atoms with E-state index in [1.165, 1.54) is 24.0 Å². The molecule has 0 saturated carbocycles. The van der Waals surface area contributed by atoms with Crippen molar-refractivity contribution >= 4 is 11.7 Å². The van der Waals surface area contributed by atoms with Gasteiger partial charge in [0.05, 0.1) is 20.3 Å². The Bertz CT molecular complexity index is 968. The number of carbonyl (C=O) groups is 2. The van der Waals surface area contributed by atoms with Gasteiger partial charge >= 0.3 is 0 Å². The predicted molar refractivity (Wildman–Crippen MR) is 120 cm³/mol. The lowest BCUT2D eigenvalue weighted by Crippen LogP contribution is -2.31. The van der Waals surface area contributed by atoms with Crippen LogP contribution in [0.3, 0.4) is 0 Å². The van der Waals surface area contributed by atoms with Crippen molar-refractivity contribution in [2.24, 2.45) is 0 Å². The van der Waals surface area contributed by atoms with E-state index < -0.39 is 0 Å². The van der Waals surface area contributed by atoms with Gasteiger partial charge in [0.1, 0.15) is 11.5 Å². The number of methoxy groups -OCH3 is 2. The summed E-state index contributed by atoms with van der Waals surface area (Å²) in [5, 5.41) is 0. The number of rotatable bonds is 7. The number of nitrogens with zero attached hydrogens (tertiary/aromatic N) is 1. The van der Waals surface area contributed by atoms with Gasteiger partial charge in [0.2, 0.25) is 5.91 Å². The minimum Gasteiger partial charge on any atom is -0.497 e. The van der Waals surface area contributed by atoms with Gasteiger partial charge in [0, 0.05) is 30.5 Å². The van der Waals surface area contributed by atoms with Crippen LogP contribution in [0, 0.1) is 0 Å². The van der Waals surface area contributed by atoms with Gasteiger partial charge in [-0.15, -0.1) is 0 Å². The van der Waals surface area contributed by atoms with Crippen molar-refractivity contribution < 1.29 is 19.1 Å². The molecule has 1 aliphatic carbocycles. The zero-order valence-corrected chi connectivity index (χ0v) is 18.5. The molecule has 1 aliphatic heterocycles. The molecule has 0 spiro atoms. The number of fused-ring (bicyclic) bond motifs is 1. The molecule has 5 heteroatoms. The van der Waals surface area contributed by atoms with E-state index in [1.54, 1.807) is 14.2 Å². The molecule has 2 aromatic carbocycles. The highest BCUT2D eigenvalue weighted by Gasteiger charge is 2.32. The first-order chi connectivity index (χ1) is 15.1. The molecule has 0 radical (unpaired) electrons. The summed E-state index contributed by atoms with van der Waals surface area (Å²) < 4.78 is 10.9.